The number of thiazole rings is 1. The molecule has 0 aliphatic carbocycles. The molecule has 1 fully saturated rings. The Kier molecular flexibility index (Phi) is 12.5. The van der Waals surface area contributed by atoms with Gasteiger partial charge in [0.05, 0.1) is 0 Å². The van der Waals surface area contributed by atoms with E-state index >= 15 is 0 Å². The zero-order valence-electron chi connectivity index (χ0n) is 22.6. The molecular weight excluding hydrogens is 504 g/mol. The number of benzene rings is 2. The number of phenolic OH excluding ortho intramolecular Hbond substituents is 1. The summed E-state index contributed by atoms with van der Waals surface area (Å²) < 4.78 is 5.96. The highest BCUT2D eigenvalue weighted by molar-refractivity contribution is 7.18. The van der Waals surface area contributed by atoms with Crippen molar-refractivity contribution in [2.75, 3.05) is 30.8 Å². The van der Waals surface area contributed by atoms with E-state index in [0.717, 1.165) is 56.3 Å². The van der Waals surface area contributed by atoms with Gasteiger partial charge >= 0.3 is 0 Å². The molecule has 3 aromatic rings. The number of nitrogens with one attached hydrogen (secondary N) is 3. The third-order valence-corrected chi connectivity index (χ3v) is 6.32. The van der Waals surface area contributed by atoms with Crippen molar-refractivity contribution in [3.63, 3.8) is 0 Å². The lowest BCUT2D eigenvalue weighted by molar-refractivity contribution is -0.134. The van der Waals surface area contributed by atoms with Gasteiger partial charge in [-0.05, 0) is 67.4 Å². The maximum atomic E-state index is 13.2. The first-order valence-electron chi connectivity index (χ1n) is 12.8. The average molecular weight is 543 g/mol. The summed E-state index contributed by atoms with van der Waals surface area (Å²) in [6.45, 7) is 9.00. The Morgan fingerprint density at radius 3 is 2.45 bits per heavy atom. The largest absolute Gasteiger partial charge is 0.508 e. The van der Waals surface area contributed by atoms with Crippen molar-refractivity contribution in [2.24, 2.45) is 0 Å². The number of carboxylic acid groups (broad SMARTS) is 1. The summed E-state index contributed by atoms with van der Waals surface area (Å²) in [5.74, 6) is 0.637. The van der Waals surface area contributed by atoms with Gasteiger partial charge < -0.3 is 30.9 Å². The third kappa shape index (κ3) is 9.04. The number of ketones is 1. The molecule has 38 heavy (non-hydrogen) atoms. The monoisotopic (exact) mass is 542 g/mol. The molecule has 1 aliphatic heterocycles. The molecule has 1 aliphatic rings. The van der Waals surface area contributed by atoms with E-state index in [9.17, 15) is 9.90 Å². The SMILES string of the molecule is CC.CC(=O)O.CCCc1cc(C(=O)c2sc(Nc3ccc(OC4CCNC4)cc3)nc2NC)ccc1O. The molecule has 0 spiro atoms. The van der Waals surface area contributed by atoms with Gasteiger partial charge in [0.1, 0.15) is 22.5 Å². The van der Waals surface area contributed by atoms with Gasteiger partial charge in [0.15, 0.2) is 10.9 Å². The second kappa shape index (κ2) is 15.6. The molecule has 10 heteroatoms. The summed E-state index contributed by atoms with van der Waals surface area (Å²) in [6.07, 6.45) is 2.85. The first kappa shape index (κ1) is 30.6. The number of carbonyl (C=O) groups is 2. The van der Waals surface area contributed by atoms with Gasteiger partial charge in [-0.1, -0.05) is 38.5 Å². The summed E-state index contributed by atoms with van der Waals surface area (Å²) >= 11 is 1.30. The predicted molar refractivity (Wildman–Crippen MR) is 153 cm³/mol. The van der Waals surface area contributed by atoms with Gasteiger partial charge in [-0.3, -0.25) is 9.59 Å². The lowest BCUT2D eigenvalue weighted by Gasteiger charge is -2.12. The fourth-order valence-corrected chi connectivity index (χ4v) is 4.64. The van der Waals surface area contributed by atoms with Gasteiger partial charge in [0.25, 0.3) is 5.97 Å². The van der Waals surface area contributed by atoms with Crippen LogP contribution in [0.5, 0.6) is 11.5 Å². The third-order valence-electron chi connectivity index (χ3n) is 5.35. The van der Waals surface area contributed by atoms with E-state index in [0.29, 0.717) is 21.4 Å². The number of aryl methyl sites for hydroxylation is 1. The Labute approximate surface area is 228 Å². The summed E-state index contributed by atoms with van der Waals surface area (Å²) in [7, 11) is 1.75. The number of aromatic hydroxyl groups is 1. The van der Waals surface area contributed by atoms with Crippen LogP contribution in [0.15, 0.2) is 42.5 Å². The van der Waals surface area contributed by atoms with E-state index < -0.39 is 5.97 Å². The van der Waals surface area contributed by atoms with Crippen LogP contribution in [0.2, 0.25) is 0 Å². The average Bonchev–Trinajstić information content (AvgIpc) is 3.57. The highest BCUT2D eigenvalue weighted by atomic mass is 32.1. The maximum absolute atomic E-state index is 13.2. The number of phenols is 1. The minimum atomic E-state index is -0.833. The molecule has 9 nitrogen and oxygen atoms in total. The second-order valence-electron chi connectivity index (χ2n) is 8.27. The van der Waals surface area contributed by atoms with E-state index in [4.69, 9.17) is 14.6 Å². The minimum Gasteiger partial charge on any atom is -0.508 e. The molecule has 1 unspecified atom stereocenters. The molecule has 2 heterocycles. The molecule has 1 aromatic heterocycles. The highest BCUT2D eigenvalue weighted by Gasteiger charge is 2.20. The quantitative estimate of drug-likeness (QED) is 0.217. The Morgan fingerprint density at radius 2 is 1.87 bits per heavy atom. The van der Waals surface area contributed by atoms with Crippen molar-refractivity contribution in [1.82, 2.24) is 10.3 Å². The Hall–Kier alpha value is -3.63. The maximum Gasteiger partial charge on any atom is 0.300 e. The van der Waals surface area contributed by atoms with Crippen LogP contribution in [-0.4, -0.2) is 53.2 Å². The molecule has 0 radical (unpaired) electrons. The van der Waals surface area contributed by atoms with Crippen LogP contribution in [-0.2, 0) is 11.2 Å². The number of aliphatic carboxylic acids is 1. The standard InChI is InChI=1S/C24H28N4O3S.C2H4O2.C2H6/c1-3-4-15-13-16(5-10-20(15)29)21(30)22-23(25-2)28-24(32-22)27-17-6-8-18(9-7-17)31-19-11-12-26-14-19;1-2(3)4;1-2/h5-10,13,19,25-26,29H,3-4,11-12,14H2,1-2H3,(H,27,28);1H3,(H,3,4);1-2H3. The summed E-state index contributed by atoms with van der Waals surface area (Å²) in [5, 5.41) is 27.7. The Bertz CT molecular complexity index is 1170. The molecule has 2 aromatic carbocycles. The molecule has 1 atom stereocenters. The molecule has 0 saturated carbocycles. The van der Waals surface area contributed by atoms with Crippen LogP contribution in [0.1, 0.15) is 61.3 Å². The number of rotatable bonds is 9. The van der Waals surface area contributed by atoms with E-state index in [1.165, 1.54) is 11.3 Å². The first-order chi connectivity index (χ1) is 18.3. The van der Waals surface area contributed by atoms with E-state index in [-0.39, 0.29) is 17.6 Å². The van der Waals surface area contributed by atoms with Gasteiger partial charge in [-0.15, -0.1) is 0 Å². The van der Waals surface area contributed by atoms with Crippen LogP contribution in [0.4, 0.5) is 16.6 Å². The summed E-state index contributed by atoms with van der Waals surface area (Å²) in [6, 6.07) is 12.8. The number of hydrogen-bond acceptors (Lipinski definition) is 9. The normalized spacial score (nSPS) is 13.9. The number of carbonyl (C=O) groups excluding carboxylic acids is 1. The number of anilines is 3. The lowest BCUT2D eigenvalue weighted by Crippen LogP contribution is -2.19. The fourth-order valence-electron chi connectivity index (χ4n) is 3.69. The van der Waals surface area contributed by atoms with Gasteiger partial charge in [-0.2, -0.15) is 0 Å². The van der Waals surface area contributed by atoms with Gasteiger partial charge in [-0.25, -0.2) is 4.98 Å². The van der Waals surface area contributed by atoms with Crippen molar-refractivity contribution in [1.29, 1.82) is 0 Å². The Morgan fingerprint density at radius 1 is 1.18 bits per heavy atom. The van der Waals surface area contributed by atoms with Crippen molar-refractivity contribution < 1.29 is 24.5 Å². The van der Waals surface area contributed by atoms with Crippen LogP contribution < -0.4 is 20.7 Å². The van der Waals surface area contributed by atoms with Crippen LogP contribution in [0.3, 0.4) is 0 Å². The van der Waals surface area contributed by atoms with Crippen LogP contribution in [0.25, 0.3) is 0 Å². The van der Waals surface area contributed by atoms with E-state index in [2.05, 4.69) is 20.9 Å². The van der Waals surface area contributed by atoms with Crippen molar-refractivity contribution in [3.05, 3.63) is 58.5 Å². The molecule has 0 amide bonds. The molecule has 206 valence electrons. The zero-order chi connectivity index (χ0) is 28.1. The van der Waals surface area contributed by atoms with Crippen LogP contribution >= 0.6 is 11.3 Å². The first-order valence-corrected chi connectivity index (χ1v) is 13.6. The van der Waals surface area contributed by atoms with Gasteiger partial charge in [0, 0.05) is 31.8 Å². The topological polar surface area (TPSA) is 133 Å². The van der Waals surface area contributed by atoms with Crippen molar-refractivity contribution >= 4 is 39.7 Å². The fraction of sp³-hybridized carbons (Fsp3) is 0.393. The molecule has 4 rings (SSSR count). The number of hydrogen-bond donors (Lipinski definition) is 5. The minimum absolute atomic E-state index is 0.119. The second-order valence-corrected chi connectivity index (χ2v) is 9.27. The van der Waals surface area contributed by atoms with E-state index in [1.54, 1.807) is 25.2 Å². The highest BCUT2D eigenvalue weighted by Crippen LogP contribution is 2.32. The van der Waals surface area contributed by atoms with E-state index in [1.807, 2.05) is 45.0 Å². The number of nitrogens with zero attached hydrogens (tertiary/aromatic N) is 1. The summed E-state index contributed by atoms with van der Waals surface area (Å²) in [5.41, 5.74) is 2.19. The zero-order valence-corrected chi connectivity index (χ0v) is 23.4. The molecule has 0 bridgehead atoms. The molecule has 1 saturated heterocycles. The number of ether oxygens (including phenoxy) is 1. The van der Waals surface area contributed by atoms with Gasteiger partial charge in [0.2, 0.25) is 5.78 Å². The van der Waals surface area contributed by atoms with Crippen molar-refractivity contribution in [2.45, 2.75) is 53.1 Å². The summed E-state index contributed by atoms with van der Waals surface area (Å²) in [4.78, 5) is 27.2. The van der Waals surface area contributed by atoms with Crippen LogP contribution in [0, 0.1) is 0 Å². The lowest BCUT2D eigenvalue weighted by atomic mass is 10.0. The number of aromatic nitrogens is 1. The number of carboxylic acids is 1. The van der Waals surface area contributed by atoms with Crippen molar-refractivity contribution in [3.8, 4) is 11.5 Å². The predicted octanol–water partition coefficient (Wildman–Crippen LogP) is 5.68. The smallest absolute Gasteiger partial charge is 0.300 e. The molecular formula is C28H38N4O5S. The molecule has 5 N–H and O–H groups in total. The Balaban J connectivity index is 0.000000773.